The van der Waals surface area contributed by atoms with Gasteiger partial charge in [-0.05, 0) is 24.5 Å². The van der Waals surface area contributed by atoms with E-state index in [2.05, 4.69) is 45.3 Å². The summed E-state index contributed by atoms with van der Waals surface area (Å²) in [5, 5.41) is 0. The molecule has 4 nitrogen and oxygen atoms in total. The summed E-state index contributed by atoms with van der Waals surface area (Å²) in [6.07, 6.45) is 13.6. The van der Waals surface area contributed by atoms with Gasteiger partial charge in [-0.3, -0.25) is 0 Å². The zero-order valence-corrected chi connectivity index (χ0v) is 22.6. The minimum Gasteiger partial charge on any atom is -0.457 e. The highest BCUT2D eigenvalue weighted by Crippen LogP contribution is 2.22. The zero-order valence-electron chi connectivity index (χ0n) is 22.6. The highest BCUT2D eigenvalue weighted by molar-refractivity contribution is 5.74. The van der Waals surface area contributed by atoms with Gasteiger partial charge < -0.3 is 14.0 Å². The third-order valence-electron chi connectivity index (χ3n) is 6.87. The van der Waals surface area contributed by atoms with Gasteiger partial charge in [0.2, 0.25) is 6.79 Å². The summed E-state index contributed by atoms with van der Waals surface area (Å²) in [7, 11) is 4.17. The van der Waals surface area contributed by atoms with E-state index < -0.39 is 0 Å². The van der Waals surface area contributed by atoms with Gasteiger partial charge in [0.1, 0.15) is 12.3 Å². The smallest absolute Gasteiger partial charge is 0.367 e. The number of para-hydroxylation sites is 1. The molecule has 1 atom stereocenters. The van der Waals surface area contributed by atoms with Crippen molar-refractivity contribution in [2.45, 2.75) is 97.1 Å². The van der Waals surface area contributed by atoms with Crippen molar-refractivity contribution in [3.8, 4) is 5.75 Å². The lowest BCUT2D eigenvalue weighted by molar-refractivity contribution is -0.919. The van der Waals surface area contributed by atoms with Crippen LogP contribution in [0.5, 0.6) is 5.75 Å². The molecule has 2 aromatic carbocycles. The molecule has 0 aliphatic rings. The van der Waals surface area contributed by atoms with E-state index in [9.17, 15) is 4.79 Å². The van der Waals surface area contributed by atoms with Gasteiger partial charge in [-0.2, -0.15) is 0 Å². The molecule has 2 aromatic rings. The Morgan fingerprint density at radius 3 is 2.06 bits per heavy atom. The third-order valence-corrected chi connectivity index (χ3v) is 6.87. The molecule has 0 saturated carbocycles. The van der Waals surface area contributed by atoms with Crippen molar-refractivity contribution in [2.75, 3.05) is 20.9 Å². The molecule has 0 bridgehead atoms. The first-order valence-corrected chi connectivity index (χ1v) is 13.7. The lowest BCUT2D eigenvalue weighted by atomic mass is 10.0. The fourth-order valence-electron chi connectivity index (χ4n) is 4.83. The van der Waals surface area contributed by atoms with E-state index in [0.717, 1.165) is 25.1 Å². The molecule has 4 heteroatoms. The van der Waals surface area contributed by atoms with Gasteiger partial charge in [0.05, 0.1) is 14.1 Å². The van der Waals surface area contributed by atoms with Crippen molar-refractivity contribution in [3.63, 3.8) is 0 Å². The molecule has 2 rings (SSSR count). The molecular weight excluding hydrogens is 434 g/mol. The maximum atomic E-state index is 12.9. The number of unbranched alkanes of at least 4 members (excludes halogenated alkanes) is 8. The number of benzene rings is 2. The Balaban J connectivity index is 1.76. The molecule has 0 aliphatic carbocycles. The second-order valence-corrected chi connectivity index (χ2v) is 10.3. The van der Waals surface area contributed by atoms with Crippen molar-refractivity contribution in [1.29, 1.82) is 0 Å². The first-order chi connectivity index (χ1) is 17.0. The van der Waals surface area contributed by atoms with E-state index in [1.54, 1.807) is 0 Å². The van der Waals surface area contributed by atoms with Crippen molar-refractivity contribution in [2.24, 2.45) is 0 Å². The Kier molecular flexibility index (Phi) is 13.5. The number of nitrogens with zero attached hydrogens (tertiary/aromatic N) is 1. The number of hydrogen-bond acceptors (Lipinski definition) is 3. The molecule has 0 radical (unpaired) electrons. The summed E-state index contributed by atoms with van der Waals surface area (Å²) in [5.74, 6) is 0.621. The first kappa shape index (κ1) is 28.9. The number of esters is 1. The third kappa shape index (κ3) is 10.9. The number of hydrogen-bond donors (Lipinski definition) is 0. The highest BCUT2D eigenvalue weighted by Gasteiger charge is 2.35. The molecule has 0 heterocycles. The maximum absolute atomic E-state index is 12.9. The molecular formula is C31H48NO3+. The summed E-state index contributed by atoms with van der Waals surface area (Å²) in [6.45, 7) is 5.03. The maximum Gasteiger partial charge on any atom is 0.367 e. The zero-order chi connectivity index (χ0) is 25.4. The Hall–Kier alpha value is -2.33. The van der Waals surface area contributed by atoms with Crippen LogP contribution in [-0.2, 0) is 22.5 Å². The van der Waals surface area contributed by atoms with Gasteiger partial charge in [-0.1, -0.05) is 114 Å². The molecule has 0 fully saturated rings. The predicted octanol–water partition coefficient (Wildman–Crippen LogP) is 7.69. The molecule has 0 spiro atoms. The molecule has 1 unspecified atom stereocenters. The first-order valence-electron chi connectivity index (χ1n) is 13.7. The molecule has 35 heavy (non-hydrogen) atoms. The number of rotatable bonds is 18. The summed E-state index contributed by atoms with van der Waals surface area (Å²) < 4.78 is 12.1. The molecule has 0 aromatic heterocycles. The molecule has 0 N–H and O–H groups in total. The van der Waals surface area contributed by atoms with Crippen LogP contribution in [0.2, 0.25) is 0 Å². The van der Waals surface area contributed by atoms with E-state index in [4.69, 9.17) is 9.47 Å². The molecule has 0 aliphatic heterocycles. The number of ether oxygens (including phenoxy) is 2. The number of likely N-dealkylation sites (N-methyl/N-ethyl adjacent to an activating group) is 1. The lowest BCUT2D eigenvalue weighted by Gasteiger charge is -2.36. The summed E-state index contributed by atoms with van der Waals surface area (Å²) in [6, 6.07) is 18.2. The fourth-order valence-corrected chi connectivity index (χ4v) is 4.83. The Bertz CT molecular complexity index is 834. The van der Waals surface area contributed by atoms with Gasteiger partial charge in [-0.15, -0.1) is 0 Å². The minimum atomic E-state index is -0.240. The number of quaternary nitrogens is 1. The standard InChI is InChI=1S/C31H48NO3/c1-5-7-8-9-10-11-12-13-17-22-28-23-18-19-24-30(28)34-26-35-31(33)29(6-2)32(3,4)25-27-20-15-14-16-21-27/h14-16,18-21,23-24,29H,5-13,17,22,25-26H2,1-4H3/q+1. The normalized spacial score (nSPS) is 12.3. The van der Waals surface area contributed by atoms with E-state index >= 15 is 0 Å². The van der Waals surface area contributed by atoms with Crippen molar-refractivity contribution < 1.29 is 18.8 Å². The highest BCUT2D eigenvalue weighted by atomic mass is 16.7. The van der Waals surface area contributed by atoms with Crippen molar-refractivity contribution >= 4 is 5.97 Å². The van der Waals surface area contributed by atoms with Crippen molar-refractivity contribution in [3.05, 3.63) is 65.7 Å². The van der Waals surface area contributed by atoms with Crippen LogP contribution in [0.1, 0.15) is 89.2 Å². The summed E-state index contributed by atoms with van der Waals surface area (Å²) in [5.41, 5.74) is 2.41. The van der Waals surface area contributed by atoms with E-state index in [-0.39, 0.29) is 18.8 Å². The van der Waals surface area contributed by atoms with Crippen LogP contribution in [0.15, 0.2) is 54.6 Å². The van der Waals surface area contributed by atoms with Gasteiger partial charge in [0.15, 0.2) is 6.04 Å². The van der Waals surface area contributed by atoms with Crippen LogP contribution in [-0.4, -0.2) is 37.4 Å². The van der Waals surface area contributed by atoms with E-state index in [0.29, 0.717) is 10.9 Å². The number of carbonyl (C=O) groups is 1. The van der Waals surface area contributed by atoms with Gasteiger partial charge in [-0.25, -0.2) is 4.79 Å². The lowest BCUT2D eigenvalue weighted by Crippen LogP contribution is -2.52. The number of aryl methyl sites for hydroxylation is 1. The van der Waals surface area contributed by atoms with E-state index in [1.165, 1.54) is 62.5 Å². The SMILES string of the molecule is CCCCCCCCCCCc1ccccc1OCOC(=O)C(CC)[N+](C)(C)Cc1ccccc1. The molecule has 0 amide bonds. The fraction of sp³-hybridized carbons (Fsp3) is 0.581. The van der Waals surface area contributed by atoms with Gasteiger partial charge in [0.25, 0.3) is 0 Å². The summed E-state index contributed by atoms with van der Waals surface area (Å²) in [4.78, 5) is 12.9. The molecule has 194 valence electrons. The quantitative estimate of drug-likeness (QED) is 0.0945. The minimum absolute atomic E-state index is 0.0462. The Morgan fingerprint density at radius 1 is 0.800 bits per heavy atom. The van der Waals surface area contributed by atoms with Crippen LogP contribution < -0.4 is 4.74 Å². The second kappa shape index (κ2) is 16.4. The average Bonchev–Trinajstić information content (AvgIpc) is 2.84. The van der Waals surface area contributed by atoms with Crippen LogP contribution in [0.4, 0.5) is 0 Å². The van der Waals surface area contributed by atoms with Gasteiger partial charge in [0, 0.05) is 12.0 Å². The largest absolute Gasteiger partial charge is 0.457 e. The summed E-state index contributed by atoms with van der Waals surface area (Å²) >= 11 is 0. The Morgan fingerprint density at radius 2 is 1.40 bits per heavy atom. The topological polar surface area (TPSA) is 35.5 Å². The average molecular weight is 483 g/mol. The number of carbonyl (C=O) groups excluding carboxylic acids is 1. The van der Waals surface area contributed by atoms with Crippen LogP contribution in [0.25, 0.3) is 0 Å². The van der Waals surface area contributed by atoms with Crippen molar-refractivity contribution in [1.82, 2.24) is 0 Å². The van der Waals surface area contributed by atoms with E-state index in [1.807, 2.05) is 37.3 Å². The van der Waals surface area contributed by atoms with Crippen LogP contribution in [0, 0.1) is 0 Å². The van der Waals surface area contributed by atoms with Gasteiger partial charge >= 0.3 is 5.97 Å². The molecule has 0 saturated heterocycles. The van der Waals surface area contributed by atoms with Crippen LogP contribution in [0.3, 0.4) is 0 Å². The predicted molar refractivity (Wildman–Crippen MR) is 145 cm³/mol. The second-order valence-electron chi connectivity index (χ2n) is 10.3. The Labute approximate surface area is 214 Å². The van der Waals surface area contributed by atoms with Crippen LogP contribution >= 0.6 is 0 Å². The monoisotopic (exact) mass is 482 g/mol.